The summed E-state index contributed by atoms with van der Waals surface area (Å²) in [4.78, 5) is 2.17. The van der Waals surface area contributed by atoms with Gasteiger partial charge in [-0.3, -0.25) is 4.90 Å². The molecule has 0 spiro atoms. The van der Waals surface area contributed by atoms with Gasteiger partial charge < -0.3 is 4.52 Å². The Bertz CT molecular complexity index is 641. The summed E-state index contributed by atoms with van der Waals surface area (Å²) >= 11 is 0. The molecule has 22 heavy (non-hydrogen) atoms. The van der Waals surface area contributed by atoms with E-state index in [1.165, 1.54) is 12.1 Å². The minimum Gasteiger partial charge on any atom is -0.359 e. The molecule has 1 aromatic carbocycles. The molecular formula is C17H20F2N2O. The van der Waals surface area contributed by atoms with E-state index in [4.69, 9.17) is 4.52 Å². The predicted molar refractivity (Wildman–Crippen MR) is 79.2 cm³/mol. The van der Waals surface area contributed by atoms with Crippen LogP contribution in [-0.4, -0.2) is 16.6 Å². The molecule has 3 rings (SSSR count). The van der Waals surface area contributed by atoms with Crippen molar-refractivity contribution in [2.24, 2.45) is 0 Å². The Morgan fingerprint density at radius 1 is 1.23 bits per heavy atom. The normalized spacial score (nSPS) is 20.0. The first-order chi connectivity index (χ1) is 10.6. The number of hydrogen-bond donors (Lipinski definition) is 0. The Morgan fingerprint density at radius 2 is 2.09 bits per heavy atom. The van der Waals surface area contributed by atoms with Crippen molar-refractivity contribution >= 4 is 0 Å². The van der Waals surface area contributed by atoms with Crippen LogP contribution in [0.4, 0.5) is 8.78 Å². The van der Waals surface area contributed by atoms with Gasteiger partial charge in [0.15, 0.2) is 5.76 Å². The molecule has 0 bridgehead atoms. The molecule has 1 atom stereocenters. The van der Waals surface area contributed by atoms with Crippen molar-refractivity contribution in [2.45, 2.75) is 45.2 Å². The van der Waals surface area contributed by atoms with Crippen LogP contribution in [-0.2, 0) is 6.54 Å². The number of benzene rings is 1. The molecule has 118 valence electrons. The van der Waals surface area contributed by atoms with E-state index in [2.05, 4.69) is 10.1 Å². The smallest absolute Gasteiger partial charge is 0.154 e. The highest BCUT2D eigenvalue weighted by atomic mass is 19.1. The van der Waals surface area contributed by atoms with Gasteiger partial charge in [0.25, 0.3) is 0 Å². The van der Waals surface area contributed by atoms with E-state index in [1.54, 1.807) is 0 Å². The molecule has 5 heteroatoms. The molecule has 1 fully saturated rings. The Balaban J connectivity index is 1.85. The number of aryl methyl sites for hydroxylation is 1. The average molecular weight is 306 g/mol. The molecule has 2 heterocycles. The zero-order valence-electron chi connectivity index (χ0n) is 12.7. The van der Waals surface area contributed by atoms with Crippen molar-refractivity contribution in [1.82, 2.24) is 10.1 Å². The number of aromatic nitrogens is 1. The topological polar surface area (TPSA) is 29.3 Å². The highest BCUT2D eigenvalue weighted by Crippen LogP contribution is 2.32. The van der Waals surface area contributed by atoms with E-state index < -0.39 is 5.82 Å². The lowest BCUT2D eigenvalue weighted by Crippen LogP contribution is -2.28. The zero-order chi connectivity index (χ0) is 15.5. The first-order valence-electron chi connectivity index (χ1n) is 7.74. The first kappa shape index (κ1) is 15.2. The Hall–Kier alpha value is -1.75. The van der Waals surface area contributed by atoms with Crippen LogP contribution >= 0.6 is 0 Å². The van der Waals surface area contributed by atoms with Gasteiger partial charge >= 0.3 is 0 Å². The number of halogens is 2. The maximum Gasteiger partial charge on any atom is 0.154 e. The molecule has 0 N–H and O–H groups in total. The van der Waals surface area contributed by atoms with Gasteiger partial charge in [0.2, 0.25) is 0 Å². The fourth-order valence-corrected chi connectivity index (χ4v) is 3.10. The van der Waals surface area contributed by atoms with Crippen molar-refractivity contribution in [1.29, 1.82) is 0 Å². The largest absolute Gasteiger partial charge is 0.359 e. The second-order valence-electron chi connectivity index (χ2n) is 5.94. The highest BCUT2D eigenvalue weighted by Gasteiger charge is 2.26. The van der Waals surface area contributed by atoms with E-state index in [1.807, 2.05) is 13.0 Å². The zero-order valence-corrected chi connectivity index (χ0v) is 12.7. The van der Waals surface area contributed by atoms with E-state index in [9.17, 15) is 8.78 Å². The average Bonchev–Trinajstić information content (AvgIpc) is 2.78. The summed E-state index contributed by atoms with van der Waals surface area (Å²) in [5.41, 5.74) is 1.24. The van der Waals surface area contributed by atoms with Gasteiger partial charge in [-0.05, 0) is 44.5 Å². The molecule has 0 radical (unpaired) electrons. The fourth-order valence-electron chi connectivity index (χ4n) is 3.10. The number of nitrogens with zero attached hydrogens (tertiary/aromatic N) is 2. The van der Waals surface area contributed by atoms with E-state index >= 15 is 0 Å². The van der Waals surface area contributed by atoms with Gasteiger partial charge in [-0.1, -0.05) is 18.0 Å². The monoisotopic (exact) mass is 306 g/mol. The quantitative estimate of drug-likeness (QED) is 0.843. The van der Waals surface area contributed by atoms with Crippen LogP contribution in [0, 0.1) is 18.6 Å². The standard InChI is InChI=1S/C17H20F2N2O/c1-12-9-17(22-20-12)16-5-3-2-4-8-21(16)11-13-10-14(18)6-7-15(13)19/h6-7,9-10,16H,2-5,8,11H2,1H3/t16-/m1/s1. The Kier molecular flexibility index (Phi) is 4.52. The minimum atomic E-state index is -0.404. The van der Waals surface area contributed by atoms with E-state index in [0.717, 1.165) is 49.7 Å². The van der Waals surface area contributed by atoms with Crippen molar-refractivity contribution in [2.75, 3.05) is 6.54 Å². The summed E-state index contributed by atoms with van der Waals surface area (Å²) < 4.78 is 32.7. The van der Waals surface area contributed by atoms with Gasteiger partial charge in [0.1, 0.15) is 11.6 Å². The summed E-state index contributed by atoms with van der Waals surface area (Å²) in [7, 11) is 0. The lowest BCUT2D eigenvalue weighted by atomic mass is 10.1. The second-order valence-corrected chi connectivity index (χ2v) is 5.94. The summed E-state index contributed by atoms with van der Waals surface area (Å²) in [6.45, 7) is 3.12. The van der Waals surface area contributed by atoms with Gasteiger partial charge in [-0.25, -0.2) is 8.78 Å². The van der Waals surface area contributed by atoms with Crippen LogP contribution in [0.1, 0.15) is 48.7 Å². The SMILES string of the molecule is Cc1cc([C@H]2CCCCCN2Cc2cc(F)ccc2F)on1. The fraction of sp³-hybridized carbons (Fsp3) is 0.471. The molecule has 1 aliphatic rings. The summed E-state index contributed by atoms with van der Waals surface area (Å²) in [6.07, 6.45) is 4.25. The van der Waals surface area contributed by atoms with Crippen molar-refractivity contribution in [3.8, 4) is 0 Å². The second kappa shape index (κ2) is 6.57. The van der Waals surface area contributed by atoms with E-state index in [-0.39, 0.29) is 11.9 Å². The van der Waals surface area contributed by atoms with Crippen LogP contribution in [0.15, 0.2) is 28.8 Å². The van der Waals surface area contributed by atoms with Crippen molar-refractivity contribution in [3.05, 3.63) is 52.9 Å². The first-order valence-corrected chi connectivity index (χ1v) is 7.74. The van der Waals surface area contributed by atoms with Gasteiger partial charge in [-0.2, -0.15) is 0 Å². The Labute approximate surface area is 128 Å². The molecule has 1 aliphatic heterocycles. The third-order valence-corrected chi connectivity index (χ3v) is 4.22. The van der Waals surface area contributed by atoms with Crippen LogP contribution in [0.2, 0.25) is 0 Å². The number of hydrogen-bond acceptors (Lipinski definition) is 3. The van der Waals surface area contributed by atoms with Gasteiger partial charge in [-0.15, -0.1) is 0 Å². The Morgan fingerprint density at radius 3 is 2.86 bits per heavy atom. The summed E-state index contributed by atoms with van der Waals surface area (Å²) in [6, 6.07) is 5.63. The molecule has 0 saturated carbocycles. The summed E-state index contributed by atoms with van der Waals surface area (Å²) in [5, 5.41) is 3.96. The highest BCUT2D eigenvalue weighted by molar-refractivity contribution is 5.19. The molecule has 2 aromatic rings. The maximum atomic E-state index is 13.9. The van der Waals surface area contributed by atoms with Crippen LogP contribution in [0.5, 0.6) is 0 Å². The van der Waals surface area contributed by atoms with Gasteiger partial charge in [0.05, 0.1) is 11.7 Å². The number of likely N-dealkylation sites (tertiary alicyclic amines) is 1. The molecule has 1 saturated heterocycles. The van der Waals surface area contributed by atoms with E-state index in [0.29, 0.717) is 12.1 Å². The molecule has 0 unspecified atom stereocenters. The summed E-state index contributed by atoms with van der Waals surface area (Å²) in [5.74, 6) is 0.0487. The molecule has 1 aromatic heterocycles. The molecule has 0 aliphatic carbocycles. The third-order valence-electron chi connectivity index (χ3n) is 4.22. The molecule has 3 nitrogen and oxygen atoms in total. The lowest BCUT2D eigenvalue weighted by Gasteiger charge is -2.28. The van der Waals surface area contributed by atoms with Crippen LogP contribution in [0.3, 0.4) is 0 Å². The molecular weight excluding hydrogens is 286 g/mol. The lowest BCUT2D eigenvalue weighted by molar-refractivity contribution is 0.158. The van der Waals surface area contributed by atoms with Crippen LogP contribution in [0.25, 0.3) is 0 Å². The van der Waals surface area contributed by atoms with Gasteiger partial charge in [0, 0.05) is 18.2 Å². The number of rotatable bonds is 3. The predicted octanol–water partition coefficient (Wildman–Crippen LogP) is 4.38. The van der Waals surface area contributed by atoms with Crippen LogP contribution < -0.4 is 0 Å². The van der Waals surface area contributed by atoms with Crippen molar-refractivity contribution in [3.63, 3.8) is 0 Å². The minimum absolute atomic E-state index is 0.0753. The van der Waals surface area contributed by atoms with Crippen molar-refractivity contribution < 1.29 is 13.3 Å². The maximum absolute atomic E-state index is 13.9. The molecule has 0 amide bonds. The third kappa shape index (κ3) is 3.35.